The summed E-state index contributed by atoms with van der Waals surface area (Å²) < 4.78 is 18.6. The topological polar surface area (TPSA) is 88.4 Å². The molecule has 0 N–H and O–H groups in total. The second-order valence-electron chi connectivity index (χ2n) is 10.8. The standard InChI is InChI=1S/C30H33ClN4O4S2/c1-30(2,3)29-34-33-28-23(15-24-32-16-18(40-24)11-13-25(36)38-5)41-27(19-8-7-9-22(37-4)26(19)39-6)20-14-17(31)10-12-21(20)35(28)29/h7-10,12,14,16,23,27H,11,13,15H2,1-6H3/t23-,27-/m1/s1. The van der Waals surface area contributed by atoms with Crippen molar-refractivity contribution in [2.24, 2.45) is 0 Å². The highest BCUT2D eigenvalue weighted by Gasteiger charge is 2.37. The number of ether oxygens (including phenoxy) is 3. The predicted octanol–water partition coefficient (Wildman–Crippen LogP) is 6.92. The number of halogens is 1. The lowest BCUT2D eigenvalue weighted by atomic mass is 9.94. The molecular weight excluding hydrogens is 580 g/mol. The van der Waals surface area contributed by atoms with Crippen molar-refractivity contribution in [3.8, 4) is 17.2 Å². The van der Waals surface area contributed by atoms with E-state index in [1.165, 1.54) is 7.11 Å². The van der Waals surface area contributed by atoms with Crippen LogP contribution < -0.4 is 9.47 Å². The van der Waals surface area contributed by atoms with Crippen LogP contribution in [-0.4, -0.2) is 47.0 Å². The number of carbonyl (C=O) groups excluding carboxylic acids is 1. The zero-order chi connectivity index (χ0) is 29.3. The third kappa shape index (κ3) is 5.96. The van der Waals surface area contributed by atoms with E-state index in [0.29, 0.717) is 35.8 Å². The van der Waals surface area contributed by atoms with Crippen LogP contribution in [0, 0.1) is 0 Å². The molecule has 4 aromatic rings. The fraction of sp³-hybridized carbons (Fsp3) is 0.400. The minimum atomic E-state index is -0.257. The Hall–Kier alpha value is -3.08. The van der Waals surface area contributed by atoms with Gasteiger partial charge in [-0.25, -0.2) is 4.98 Å². The monoisotopic (exact) mass is 612 g/mol. The summed E-state index contributed by atoms with van der Waals surface area (Å²) in [4.78, 5) is 17.4. The van der Waals surface area contributed by atoms with Crippen molar-refractivity contribution in [3.05, 3.63) is 80.3 Å². The van der Waals surface area contributed by atoms with Gasteiger partial charge in [-0.15, -0.1) is 33.3 Å². The van der Waals surface area contributed by atoms with Crippen molar-refractivity contribution in [2.45, 2.75) is 55.9 Å². The molecule has 0 saturated carbocycles. The van der Waals surface area contributed by atoms with Crippen molar-refractivity contribution in [3.63, 3.8) is 0 Å². The van der Waals surface area contributed by atoms with E-state index in [2.05, 4.69) is 37.5 Å². The fourth-order valence-electron chi connectivity index (χ4n) is 5.01. The van der Waals surface area contributed by atoms with Crippen molar-refractivity contribution in [1.29, 1.82) is 0 Å². The SMILES string of the molecule is COC(=O)CCc1cnc(C[C@H]2S[C@H](c3cccc(OC)c3OC)c3cc(Cl)ccc3-n3c2nnc3C(C)(C)C)s1. The molecule has 41 heavy (non-hydrogen) atoms. The van der Waals surface area contributed by atoms with Gasteiger partial charge in [0.2, 0.25) is 0 Å². The van der Waals surface area contributed by atoms with Gasteiger partial charge in [-0.1, -0.05) is 44.5 Å². The lowest BCUT2D eigenvalue weighted by Crippen LogP contribution is -2.20. The van der Waals surface area contributed by atoms with Crippen molar-refractivity contribution in [2.75, 3.05) is 21.3 Å². The first-order valence-electron chi connectivity index (χ1n) is 13.3. The van der Waals surface area contributed by atoms with Gasteiger partial charge in [0.15, 0.2) is 17.3 Å². The van der Waals surface area contributed by atoms with Gasteiger partial charge < -0.3 is 14.2 Å². The maximum absolute atomic E-state index is 11.7. The minimum Gasteiger partial charge on any atom is -0.493 e. The molecule has 2 aromatic heterocycles. The van der Waals surface area contributed by atoms with Crippen molar-refractivity contribution < 1.29 is 19.0 Å². The second kappa shape index (κ2) is 12.0. The smallest absolute Gasteiger partial charge is 0.305 e. The van der Waals surface area contributed by atoms with Crippen molar-refractivity contribution in [1.82, 2.24) is 19.7 Å². The average Bonchev–Trinajstić information content (AvgIpc) is 3.58. The summed E-state index contributed by atoms with van der Waals surface area (Å²) in [6.07, 6.45) is 3.42. The summed E-state index contributed by atoms with van der Waals surface area (Å²) >= 11 is 10.0. The number of esters is 1. The van der Waals surface area contributed by atoms with E-state index in [4.69, 9.17) is 41.0 Å². The molecule has 3 heterocycles. The van der Waals surface area contributed by atoms with Crippen molar-refractivity contribution >= 4 is 40.7 Å². The van der Waals surface area contributed by atoms with E-state index in [9.17, 15) is 4.79 Å². The summed E-state index contributed by atoms with van der Waals surface area (Å²) in [6, 6.07) is 12.0. The number of hydrogen-bond donors (Lipinski definition) is 0. The normalized spacial score (nSPS) is 16.5. The first-order chi connectivity index (χ1) is 19.6. The van der Waals surface area contributed by atoms with E-state index < -0.39 is 0 Å². The quantitative estimate of drug-likeness (QED) is 0.198. The van der Waals surface area contributed by atoms with Crippen LogP contribution in [0.25, 0.3) is 5.69 Å². The molecule has 0 saturated heterocycles. The first-order valence-corrected chi connectivity index (χ1v) is 15.4. The number of thioether (sulfide) groups is 1. The molecule has 2 atom stereocenters. The van der Waals surface area contributed by atoms with Crippen LogP contribution in [0.2, 0.25) is 5.02 Å². The number of thiazole rings is 1. The highest BCUT2D eigenvalue weighted by atomic mass is 35.5. The third-order valence-electron chi connectivity index (χ3n) is 6.94. The van der Waals surface area contributed by atoms with Gasteiger partial charge >= 0.3 is 5.97 Å². The molecule has 0 aliphatic carbocycles. The highest BCUT2D eigenvalue weighted by molar-refractivity contribution is 8.00. The number of benzene rings is 2. The van der Waals surface area contributed by atoms with E-state index in [0.717, 1.165) is 38.3 Å². The summed E-state index contributed by atoms with van der Waals surface area (Å²) in [5.74, 6) is 2.86. The fourth-order valence-corrected chi connectivity index (χ4v) is 7.79. The maximum Gasteiger partial charge on any atom is 0.305 e. The molecular formula is C30H33ClN4O4S2. The van der Waals surface area contributed by atoms with E-state index in [1.807, 2.05) is 30.5 Å². The summed E-state index contributed by atoms with van der Waals surface area (Å²) in [5.41, 5.74) is 2.76. The Morgan fingerprint density at radius 2 is 1.88 bits per heavy atom. The van der Waals surface area contributed by atoms with Crippen LogP contribution in [0.5, 0.6) is 11.5 Å². The lowest BCUT2D eigenvalue weighted by Gasteiger charge is -2.24. The van der Waals surface area contributed by atoms with Gasteiger partial charge in [-0.05, 0) is 36.2 Å². The van der Waals surface area contributed by atoms with Gasteiger partial charge in [0.05, 0.1) is 48.9 Å². The van der Waals surface area contributed by atoms with Crippen LogP contribution in [-0.2, 0) is 27.8 Å². The number of aryl methyl sites for hydroxylation is 1. The molecule has 0 spiro atoms. The summed E-state index contributed by atoms with van der Waals surface area (Å²) in [5, 5.41) is 10.9. The molecule has 1 aliphatic heterocycles. The molecule has 0 amide bonds. The number of hydrogen-bond acceptors (Lipinski definition) is 9. The second-order valence-corrected chi connectivity index (χ2v) is 13.7. The minimum absolute atomic E-state index is 0.0923. The first kappa shape index (κ1) is 29.4. The van der Waals surface area contributed by atoms with Crippen LogP contribution >= 0.6 is 34.7 Å². The number of nitrogens with zero attached hydrogens (tertiary/aromatic N) is 4. The molecule has 8 nitrogen and oxygen atoms in total. The third-order valence-corrected chi connectivity index (χ3v) is 9.74. The Morgan fingerprint density at radius 3 is 2.59 bits per heavy atom. The Labute approximate surface area is 253 Å². The maximum atomic E-state index is 11.7. The summed E-state index contributed by atoms with van der Waals surface area (Å²) in [7, 11) is 4.72. The number of methoxy groups -OCH3 is 3. The van der Waals surface area contributed by atoms with Gasteiger partial charge in [0.25, 0.3) is 0 Å². The predicted molar refractivity (Wildman–Crippen MR) is 163 cm³/mol. The van der Waals surface area contributed by atoms with Gasteiger partial charge in [0.1, 0.15) is 5.82 Å². The number of para-hydroxylation sites is 1. The molecule has 0 bridgehead atoms. The number of carbonyl (C=O) groups is 1. The molecule has 0 radical (unpaired) electrons. The Morgan fingerprint density at radius 1 is 1.07 bits per heavy atom. The number of aromatic nitrogens is 4. The lowest BCUT2D eigenvalue weighted by molar-refractivity contribution is -0.140. The number of rotatable bonds is 8. The molecule has 2 aromatic carbocycles. The van der Waals surface area contributed by atoms with Gasteiger partial charge in [-0.2, -0.15) is 0 Å². The van der Waals surface area contributed by atoms with Gasteiger partial charge in [0, 0.05) is 33.5 Å². The van der Waals surface area contributed by atoms with Gasteiger partial charge in [-0.3, -0.25) is 9.36 Å². The van der Waals surface area contributed by atoms with Crippen LogP contribution in [0.15, 0.2) is 42.6 Å². The zero-order valence-electron chi connectivity index (χ0n) is 23.9. The molecule has 0 fully saturated rings. The number of fused-ring (bicyclic) bond motifs is 3. The average molecular weight is 613 g/mol. The van der Waals surface area contributed by atoms with Crippen LogP contribution in [0.4, 0.5) is 0 Å². The van der Waals surface area contributed by atoms with E-state index in [-0.39, 0.29) is 21.9 Å². The Kier molecular flexibility index (Phi) is 8.63. The van der Waals surface area contributed by atoms with E-state index >= 15 is 0 Å². The summed E-state index contributed by atoms with van der Waals surface area (Å²) in [6.45, 7) is 6.43. The Balaban J connectivity index is 1.65. The van der Waals surface area contributed by atoms with E-state index in [1.54, 1.807) is 37.3 Å². The van der Waals surface area contributed by atoms with Crippen LogP contribution in [0.1, 0.15) is 70.4 Å². The zero-order valence-corrected chi connectivity index (χ0v) is 26.3. The molecule has 5 rings (SSSR count). The Bertz CT molecular complexity index is 1560. The molecule has 0 unspecified atom stereocenters. The molecule has 1 aliphatic rings. The molecule has 11 heteroatoms. The van der Waals surface area contributed by atoms with Crippen LogP contribution in [0.3, 0.4) is 0 Å². The largest absolute Gasteiger partial charge is 0.493 e. The highest BCUT2D eigenvalue weighted by Crippen LogP contribution is 2.54. The molecule has 216 valence electrons.